The Hall–Kier alpha value is -13.6. The summed E-state index contributed by atoms with van der Waals surface area (Å²) in [5, 5.41) is 14.4. The highest BCUT2D eigenvalue weighted by atomic mass is 32.2. The zero-order chi connectivity index (χ0) is 95.6. The van der Waals surface area contributed by atoms with Gasteiger partial charge in [0.25, 0.3) is 23.6 Å². The van der Waals surface area contributed by atoms with E-state index in [9.17, 15) is 67.8 Å². The van der Waals surface area contributed by atoms with Gasteiger partial charge in [-0.3, -0.25) is 28.4 Å². The predicted molar refractivity (Wildman–Crippen MR) is 488 cm³/mol. The highest BCUT2D eigenvalue weighted by molar-refractivity contribution is 7.92. The molecule has 7 aromatic carbocycles. The fourth-order valence-electron chi connectivity index (χ4n) is 19.4. The number of sulfone groups is 1. The number of phenolic OH excluding ortho intramolecular Hbond substituents is 1. The average molecular weight is 1880 g/mol. The van der Waals surface area contributed by atoms with Crippen molar-refractivity contribution in [2.24, 2.45) is 7.05 Å². The van der Waals surface area contributed by atoms with E-state index in [2.05, 4.69) is 20.7 Å². The fourth-order valence-corrected chi connectivity index (χ4v) is 20.4. The van der Waals surface area contributed by atoms with Gasteiger partial charge in [0, 0.05) is 176 Å². The van der Waals surface area contributed by atoms with Crippen LogP contribution in [0.3, 0.4) is 0 Å². The van der Waals surface area contributed by atoms with Crippen molar-refractivity contribution in [1.29, 1.82) is 0 Å². The zero-order valence-corrected chi connectivity index (χ0v) is 76.7. The van der Waals surface area contributed by atoms with Gasteiger partial charge < -0.3 is 67.0 Å². The van der Waals surface area contributed by atoms with Crippen LogP contribution in [0.4, 0.5) is 35.1 Å². The minimum Gasteiger partial charge on any atom is -0.508 e. The number of pyridine rings is 1. The van der Waals surface area contributed by atoms with Gasteiger partial charge in [-0.1, -0.05) is 45.9 Å². The molecular weight excluding hydrogens is 1770 g/mol. The lowest BCUT2D eigenvalue weighted by Gasteiger charge is -2.45. The minimum absolute atomic E-state index is 0. The molecule has 708 valence electrons. The summed E-state index contributed by atoms with van der Waals surface area (Å²) in [6.45, 7) is 16.9. The Morgan fingerprint density at radius 3 is 1.56 bits per heavy atom. The number of piperidine rings is 4. The van der Waals surface area contributed by atoms with E-state index in [1.807, 2.05) is 135 Å². The summed E-state index contributed by atoms with van der Waals surface area (Å²) in [5.41, 5.74) is 3.80. The molecule has 24 nitrogen and oxygen atoms in total. The second-order valence-electron chi connectivity index (χ2n) is 36.0. The van der Waals surface area contributed by atoms with Crippen molar-refractivity contribution in [3.8, 4) is 74.4 Å². The summed E-state index contributed by atoms with van der Waals surface area (Å²) < 4.78 is 184. The number of para-hydroxylation sites is 1. The van der Waals surface area contributed by atoms with Crippen LogP contribution in [0.15, 0.2) is 218 Å². The second-order valence-corrected chi connectivity index (χ2v) is 38.6. The third-order valence-corrected chi connectivity index (χ3v) is 28.6. The van der Waals surface area contributed by atoms with Crippen LogP contribution in [-0.2, 0) is 57.1 Å². The summed E-state index contributed by atoms with van der Waals surface area (Å²) in [5.74, 6) is 2.06. The molecule has 5 aromatic heterocycles. The van der Waals surface area contributed by atoms with Gasteiger partial charge in [-0.15, -0.1) is 0 Å². The Morgan fingerprint density at radius 1 is 0.504 bits per heavy atom. The number of hydrogen-bond donors (Lipinski definition) is 1. The minimum atomic E-state index is -4.63. The molecule has 0 bridgehead atoms. The standard InChI is InChI=1S/C26H24F4N2O4S.C26H27FN2O3.C25H24F3N3O3.C25H27N3O4.H2/c1-16(2)37(34,35)19-6-3-17(4-7-19)24(33)31-13-11-25(12-14-31)22-9-10-23(26(28,29)30)32(22)20-8-5-18(27)15-21(20)36-25;1-25(2,3)19-8-6-17(15-21(19)30)24(31)28-13-10-26(11-14-28)23-5-4-12-29(23)20-9-7-18(27)16-22(20)32-26;1-2-15-33-19-8-7-17(16-18(19)25(26,27)28)23(32)30-13-9-24(10-14-30)21-6-4-12-31(21)22-20(34-24)5-3-11-29-22;1-4-31-22-15-17(9-10-21(22)30-3)24(29)28-13-11-25(12-14-28)19-16-26-27(2)23(19)18-7-5-6-8-20(18)32-25;/h3-10,15-16H,11-14H2,1-2H3;4-9,12,15-16,30H,10-11,13-14H2,1-3H3;3-8,11-12,16H,2,9-10,13-15H2,1H3;5-10,15-16H,4,11-14H2,1-3H3;1H. The van der Waals surface area contributed by atoms with Crippen molar-refractivity contribution in [3.05, 3.63) is 286 Å². The molecule has 4 fully saturated rings. The number of hydrogen-bond acceptors (Lipinski definition) is 16. The smallest absolute Gasteiger partial charge is 0.431 e. The van der Waals surface area contributed by atoms with Crippen LogP contribution >= 0.6 is 0 Å². The summed E-state index contributed by atoms with van der Waals surface area (Å²) in [6.07, 6.45) is 2.89. The number of alkyl halides is 6. The van der Waals surface area contributed by atoms with Crippen LogP contribution in [0, 0.1) is 11.6 Å². The third-order valence-electron chi connectivity index (χ3n) is 26.4. The van der Waals surface area contributed by atoms with Crippen molar-refractivity contribution < 1.29 is 102 Å². The lowest BCUT2D eigenvalue weighted by Crippen LogP contribution is -2.50. The number of amides is 4. The van der Waals surface area contributed by atoms with Crippen molar-refractivity contribution >= 4 is 33.5 Å². The number of methoxy groups -OCH3 is 1. The first-order valence-electron chi connectivity index (χ1n) is 45.0. The van der Waals surface area contributed by atoms with E-state index in [1.165, 1.54) is 60.7 Å². The second kappa shape index (κ2) is 36.3. The molecule has 4 saturated heterocycles. The Bertz CT molecular complexity index is 6630. The topological polar surface area (TPSA) is 246 Å². The van der Waals surface area contributed by atoms with Gasteiger partial charge in [-0.2, -0.15) is 31.4 Å². The molecule has 12 aromatic rings. The number of aryl methyl sites for hydroxylation is 1. The molecule has 33 heteroatoms. The first-order chi connectivity index (χ1) is 64.4. The maximum Gasteiger partial charge on any atom is 0.431 e. The van der Waals surface area contributed by atoms with Crippen LogP contribution in [0.1, 0.15) is 189 Å². The molecule has 0 aliphatic carbocycles. The molecule has 20 rings (SSSR count). The highest BCUT2D eigenvalue weighted by Gasteiger charge is 2.52. The number of aromatic nitrogens is 6. The first kappa shape index (κ1) is 93.2. The number of carbonyl (C=O) groups excluding carboxylic acids is 4. The number of benzene rings is 7. The Morgan fingerprint density at radius 2 is 1.00 bits per heavy atom. The van der Waals surface area contributed by atoms with Crippen LogP contribution in [-0.4, -0.2) is 163 Å². The molecule has 0 saturated carbocycles. The Labute approximate surface area is 776 Å². The maximum atomic E-state index is 14.0. The number of likely N-dealkylation sites (tertiary alicyclic amines) is 4. The van der Waals surface area contributed by atoms with Gasteiger partial charge in [0.05, 0.1) is 76.4 Å². The van der Waals surface area contributed by atoms with E-state index in [-0.39, 0.29) is 96.3 Å². The van der Waals surface area contributed by atoms with E-state index >= 15 is 0 Å². The van der Waals surface area contributed by atoms with Crippen LogP contribution in [0.25, 0.3) is 28.5 Å². The molecule has 8 aliphatic rings. The number of phenols is 1. The molecule has 4 amide bonds. The average Bonchev–Trinajstić information content (AvgIpc) is 1.52. The van der Waals surface area contributed by atoms with Gasteiger partial charge >= 0.3 is 12.4 Å². The van der Waals surface area contributed by atoms with E-state index in [1.54, 1.807) is 78.3 Å². The van der Waals surface area contributed by atoms with Crippen LogP contribution in [0.5, 0.6) is 46.0 Å². The van der Waals surface area contributed by atoms with Crippen molar-refractivity contribution in [3.63, 3.8) is 0 Å². The van der Waals surface area contributed by atoms with Crippen LogP contribution in [0.2, 0.25) is 0 Å². The SMILES string of the molecule is CC(C)(C)c1ccc(C(=O)N2CCC3(CC2)Oc2cc(F)ccc2-n2cccc23)cc1O.CC(C)S(=O)(=O)c1ccc(C(=O)N2CCC3(CC2)Oc2cc(F)ccc2-n2c(C(F)(F)F)ccc23)cc1.CCCOc1ccc(C(=O)N2CCC3(CC2)Oc2cccnc2-n2cccc23)cc1C(F)(F)F.CCOc1cc(C(=O)N2CCC3(CC2)Oc2ccccc2-c2c3cnn2C)ccc1OC.[HH]. The molecule has 1 N–H and O–H groups in total. The summed E-state index contributed by atoms with van der Waals surface area (Å²) in [4.78, 5) is 64.0. The van der Waals surface area contributed by atoms with Crippen molar-refractivity contribution in [2.45, 2.75) is 157 Å². The predicted octanol–water partition coefficient (Wildman–Crippen LogP) is 20.0. The summed E-state index contributed by atoms with van der Waals surface area (Å²) in [7, 11) is 0.0830. The van der Waals surface area contributed by atoms with Gasteiger partial charge in [0.15, 0.2) is 49.7 Å². The largest absolute Gasteiger partial charge is 0.508 e. The van der Waals surface area contributed by atoms with Crippen molar-refractivity contribution in [1.82, 2.24) is 48.1 Å². The molecular formula is C102H104F8N10O14S. The number of ether oxygens (including phenoxy) is 7. The highest BCUT2D eigenvalue weighted by Crippen LogP contribution is 2.54. The van der Waals surface area contributed by atoms with E-state index in [4.69, 9.17) is 33.2 Å². The van der Waals surface area contributed by atoms with E-state index in [0.29, 0.717) is 136 Å². The molecule has 0 atom stereocenters. The molecule has 13 heterocycles. The van der Waals surface area contributed by atoms with Crippen LogP contribution < -0.4 is 33.2 Å². The lowest BCUT2D eigenvalue weighted by molar-refractivity contribution is -0.143. The zero-order valence-electron chi connectivity index (χ0n) is 75.9. The summed E-state index contributed by atoms with van der Waals surface area (Å²) >= 11 is 0. The van der Waals surface area contributed by atoms with Gasteiger partial charge in [-0.25, -0.2) is 22.2 Å². The lowest BCUT2D eigenvalue weighted by atomic mass is 9.81. The molecule has 4 spiro atoms. The third kappa shape index (κ3) is 17.7. The molecule has 0 radical (unpaired) electrons. The molecule has 0 unspecified atom stereocenters. The quantitative estimate of drug-likeness (QED) is 0.112. The number of fused-ring (bicyclic) bond motifs is 16. The Kier molecular flexibility index (Phi) is 25.1. The maximum absolute atomic E-state index is 14.0. The summed E-state index contributed by atoms with van der Waals surface area (Å²) in [6, 6.07) is 49.8. The monoisotopic (exact) mass is 1880 g/mol. The normalized spacial score (nSPS) is 16.6. The fraction of sp³-hybridized carbons (Fsp3) is 0.353. The molecule has 8 aliphatic heterocycles. The number of rotatable bonds is 12. The van der Waals surface area contributed by atoms with Gasteiger partial charge in [-0.05, 0) is 196 Å². The van der Waals surface area contributed by atoms with E-state index in [0.717, 1.165) is 79.9 Å². The number of aromatic hydroxyl groups is 1. The van der Waals surface area contributed by atoms with Crippen molar-refractivity contribution in [2.75, 3.05) is 72.7 Å². The Balaban J connectivity index is 0.000000131. The van der Waals surface area contributed by atoms with E-state index < -0.39 is 72.8 Å². The number of nitrogens with zero attached hydrogens (tertiary/aromatic N) is 10. The molecule has 135 heavy (non-hydrogen) atoms. The number of carbonyl (C=O) groups is 4. The van der Waals surface area contributed by atoms with Gasteiger partial charge in [0.2, 0.25) is 0 Å². The van der Waals surface area contributed by atoms with Gasteiger partial charge in [0.1, 0.15) is 51.7 Å². The number of halogens is 8. The first-order valence-corrected chi connectivity index (χ1v) is 46.5.